The minimum atomic E-state index is 0.497. The molecule has 0 aliphatic rings. The molecule has 0 unspecified atom stereocenters. The van der Waals surface area contributed by atoms with Crippen molar-refractivity contribution < 1.29 is 0 Å². The van der Waals surface area contributed by atoms with Crippen LogP contribution in [-0.2, 0) is 19.6 Å². The zero-order valence-electron chi connectivity index (χ0n) is 12.8. The maximum Gasteiger partial charge on any atom is 0.107 e. The van der Waals surface area contributed by atoms with E-state index < -0.39 is 0 Å². The molecule has 21 heavy (non-hydrogen) atoms. The van der Waals surface area contributed by atoms with Gasteiger partial charge in [0.2, 0.25) is 0 Å². The molecule has 0 atom stereocenters. The summed E-state index contributed by atoms with van der Waals surface area (Å²) < 4.78 is 1.13. The third kappa shape index (κ3) is 5.87. The highest BCUT2D eigenvalue weighted by molar-refractivity contribution is 9.10. The topological polar surface area (TPSA) is 28.2 Å². The molecule has 2 rings (SSSR count). The van der Waals surface area contributed by atoms with Crippen LogP contribution < -0.4 is 5.32 Å². The number of hydrogen-bond acceptors (Lipinski definition) is 4. The van der Waals surface area contributed by atoms with Crippen molar-refractivity contribution in [1.29, 1.82) is 0 Å². The Kier molecular flexibility index (Phi) is 6.36. The summed E-state index contributed by atoms with van der Waals surface area (Å²) in [5.74, 6) is 0. The van der Waals surface area contributed by atoms with E-state index in [2.05, 4.69) is 81.7 Å². The van der Waals surface area contributed by atoms with Crippen molar-refractivity contribution in [1.82, 2.24) is 15.2 Å². The number of benzene rings is 1. The van der Waals surface area contributed by atoms with Gasteiger partial charge in [-0.05, 0) is 24.7 Å². The molecule has 0 amide bonds. The fourth-order valence-electron chi connectivity index (χ4n) is 2.07. The van der Waals surface area contributed by atoms with E-state index in [1.54, 1.807) is 11.3 Å². The lowest BCUT2D eigenvalue weighted by molar-refractivity contribution is 0.315. The van der Waals surface area contributed by atoms with Crippen LogP contribution in [0.1, 0.15) is 30.1 Å². The maximum atomic E-state index is 4.69. The van der Waals surface area contributed by atoms with Crippen LogP contribution in [0.2, 0.25) is 0 Å². The summed E-state index contributed by atoms with van der Waals surface area (Å²) in [7, 11) is 2.13. The quantitative estimate of drug-likeness (QED) is 0.800. The van der Waals surface area contributed by atoms with Gasteiger partial charge in [-0.3, -0.25) is 4.90 Å². The first-order chi connectivity index (χ1) is 10.0. The van der Waals surface area contributed by atoms with Gasteiger partial charge in [-0.15, -0.1) is 11.3 Å². The molecule has 114 valence electrons. The van der Waals surface area contributed by atoms with Gasteiger partial charge in [0.05, 0.1) is 5.69 Å². The zero-order valence-corrected chi connectivity index (χ0v) is 15.2. The van der Waals surface area contributed by atoms with E-state index in [0.29, 0.717) is 6.04 Å². The molecule has 1 heterocycles. The molecule has 0 aliphatic heterocycles. The average molecular weight is 368 g/mol. The Labute approximate surface area is 139 Å². The van der Waals surface area contributed by atoms with Crippen molar-refractivity contribution in [2.45, 2.75) is 39.5 Å². The number of nitrogens with zero attached hydrogens (tertiary/aromatic N) is 2. The first kappa shape index (κ1) is 16.6. The van der Waals surface area contributed by atoms with Gasteiger partial charge in [-0.2, -0.15) is 0 Å². The molecular weight excluding hydrogens is 346 g/mol. The molecule has 0 bridgehead atoms. The van der Waals surface area contributed by atoms with Gasteiger partial charge in [0, 0.05) is 35.5 Å². The van der Waals surface area contributed by atoms with E-state index in [1.165, 1.54) is 5.56 Å². The SMILES string of the molecule is CC(C)NCc1nc(CN(C)Cc2cccc(Br)c2)cs1. The summed E-state index contributed by atoms with van der Waals surface area (Å²) in [5.41, 5.74) is 2.46. The highest BCUT2D eigenvalue weighted by Crippen LogP contribution is 2.15. The Balaban J connectivity index is 1.86. The first-order valence-corrected chi connectivity index (χ1v) is 8.80. The Morgan fingerprint density at radius 3 is 2.86 bits per heavy atom. The molecule has 1 aromatic heterocycles. The Hall–Kier alpha value is -0.750. The molecule has 1 N–H and O–H groups in total. The zero-order chi connectivity index (χ0) is 15.2. The summed E-state index contributed by atoms with van der Waals surface area (Å²) in [5, 5.41) is 6.73. The third-order valence-electron chi connectivity index (χ3n) is 3.03. The van der Waals surface area contributed by atoms with E-state index in [0.717, 1.165) is 34.8 Å². The first-order valence-electron chi connectivity index (χ1n) is 7.12. The van der Waals surface area contributed by atoms with Crippen molar-refractivity contribution >= 4 is 27.3 Å². The van der Waals surface area contributed by atoms with Gasteiger partial charge in [0.15, 0.2) is 0 Å². The number of halogens is 1. The van der Waals surface area contributed by atoms with Crippen LogP contribution in [0.4, 0.5) is 0 Å². The molecule has 0 spiro atoms. The Bertz CT molecular complexity index is 568. The number of aromatic nitrogens is 1. The summed E-state index contributed by atoms with van der Waals surface area (Å²) in [6, 6.07) is 8.94. The summed E-state index contributed by atoms with van der Waals surface area (Å²) in [6.45, 7) is 6.97. The van der Waals surface area contributed by atoms with Gasteiger partial charge in [0.25, 0.3) is 0 Å². The van der Waals surface area contributed by atoms with Crippen molar-refractivity contribution in [2.75, 3.05) is 7.05 Å². The molecule has 0 aliphatic carbocycles. The largest absolute Gasteiger partial charge is 0.308 e. The van der Waals surface area contributed by atoms with Gasteiger partial charge in [-0.1, -0.05) is 41.9 Å². The third-order valence-corrected chi connectivity index (χ3v) is 4.43. The number of rotatable bonds is 7. The predicted molar refractivity (Wildman–Crippen MR) is 93.4 cm³/mol. The summed E-state index contributed by atoms with van der Waals surface area (Å²) >= 11 is 5.25. The van der Waals surface area contributed by atoms with Crippen LogP contribution >= 0.6 is 27.3 Å². The van der Waals surface area contributed by atoms with Gasteiger partial charge in [0.1, 0.15) is 5.01 Å². The number of nitrogens with one attached hydrogen (secondary N) is 1. The van der Waals surface area contributed by atoms with E-state index in [4.69, 9.17) is 0 Å². The highest BCUT2D eigenvalue weighted by atomic mass is 79.9. The fourth-order valence-corrected chi connectivity index (χ4v) is 3.26. The molecule has 0 radical (unpaired) electrons. The molecule has 0 saturated heterocycles. The van der Waals surface area contributed by atoms with Crippen LogP contribution in [0.15, 0.2) is 34.1 Å². The Morgan fingerprint density at radius 1 is 1.33 bits per heavy atom. The van der Waals surface area contributed by atoms with Crippen molar-refractivity contribution in [3.05, 3.63) is 50.4 Å². The molecule has 1 aromatic carbocycles. The van der Waals surface area contributed by atoms with Gasteiger partial charge in [-0.25, -0.2) is 4.98 Å². The molecule has 3 nitrogen and oxygen atoms in total. The van der Waals surface area contributed by atoms with Crippen LogP contribution in [-0.4, -0.2) is 23.0 Å². The molecule has 0 saturated carbocycles. The van der Waals surface area contributed by atoms with E-state index in [-0.39, 0.29) is 0 Å². The predicted octanol–water partition coefficient (Wildman–Crippen LogP) is 4.04. The molecular formula is C16H22BrN3S. The van der Waals surface area contributed by atoms with Crippen molar-refractivity contribution in [3.63, 3.8) is 0 Å². The van der Waals surface area contributed by atoms with Crippen LogP contribution in [0.25, 0.3) is 0 Å². The minimum absolute atomic E-state index is 0.497. The van der Waals surface area contributed by atoms with Crippen molar-refractivity contribution in [3.8, 4) is 0 Å². The van der Waals surface area contributed by atoms with E-state index in [9.17, 15) is 0 Å². The van der Waals surface area contributed by atoms with E-state index >= 15 is 0 Å². The van der Waals surface area contributed by atoms with Crippen LogP contribution in [0, 0.1) is 0 Å². The number of hydrogen-bond donors (Lipinski definition) is 1. The van der Waals surface area contributed by atoms with E-state index in [1.807, 2.05) is 0 Å². The fraction of sp³-hybridized carbons (Fsp3) is 0.438. The maximum absolute atomic E-state index is 4.69. The molecule has 5 heteroatoms. The normalized spacial score (nSPS) is 11.5. The second-order valence-electron chi connectivity index (χ2n) is 5.57. The average Bonchev–Trinajstić information content (AvgIpc) is 2.83. The van der Waals surface area contributed by atoms with Crippen molar-refractivity contribution in [2.24, 2.45) is 0 Å². The lowest BCUT2D eigenvalue weighted by atomic mass is 10.2. The standard InChI is InChI=1S/C16H22BrN3S/c1-12(2)18-8-16-19-15(11-21-16)10-20(3)9-13-5-4-6-14(17)7-13/h4-7,11-12,18H,8-10H2,1-3H3. The van der Waals surface area contributed by atoms with Gasteiger partial charge < -0.3 is 5.32 Å². The van der Waals surface area contributed by atoms with Crippen LogP contribution in [0.5, 0.6) is 0 Å². The lowest BCUT2D eigenvalue weighted by Gasteiger charge is -2.15. The van der Waals surface area contributed by atoms with Crippen LogP contribution in [0.3, 0.4) is 0 Å². The summed E-state index contributed by atoms with van der Waals surface area (Å²) in [4.78, 5) is 6.97. The second-order valence-corrected chi connectivity index (χ2v) is 7.43. The molecule has 2 aromatic rings. The summed E-state index contributed by atoms with van der Waals surface area (Å²) in [6.07, 6.45) is 0. The minimum Gasteiger partial charge on any atom is -0.308 e. The smallest absolute Gasteiger partial charge is 0.107 e. The molecule has 0 fully saturated rings. The number of thiazole rings is 1. The second kappa shape index (κ2) is 8.03. The lowest BCUT2D eigenvalue weighted by Crippen LogP contribution is -2.22. The monoisotopic (exact) mass is 367 g/mol. The van der Waals surface area contributed by atoms with Gasteiger partial charge >= 0.3 is 0 Å². The Morgan fingerprint density at radius 2 is 2.14 bits per heavy atom. The highest BCUT2D eigenvalue weighted by Gasteiger charge is 2.07.